The summed E-state index contributed by atoms with van der Waals surface area (Å²) in [6, 6.07) is 10.8. The Morgan fingerprint density at radius 3 is 2.66 bits per heavy atom. The average molecular weight is 505 g/mol. The molecule has 9 nitrogen and oxygen atoms in total. The second-order valence-corrected chi connectivity index (χ2v) is 9.41. The summed E-state index contributed by atoms with van der Waals surface area (Å²) in [5.41, 5.74) is 5.75. The molecule has 6 aromatic rings. The number of fused-ring (bicyclic) bond motifs is 2. The molecule has 38 heavy (non-hydrogen) atoms. The zero-order chi connectivity index (χ0) is 25.6. The van der Waals surface area contributed by atoms with Gasteiger partial charge >= 0.3 is 0 Å². The second kappa shape index (κ2) is 8.84. The fourth-order valence-corrected chi connectivity index (χ4v) is 4.79. The Morgan fingerprint density at radius 2 is 1.84 bits per heavy atom. The van der Waals surface area contributed by atoms with Crippen molar-refractivity contribution in [1.82, 2.24) is 35.1 Å². The van der Waals surface area contributed by atoms with Gasteiger partial charge in [-0.1, -0.05) is 6.42 Å². The van der Waals surface area contributed by atoms with Gasteiger partial charge in [0.15, 0.2) is 11.5 Å². The number of anilines is 1. The minimum absolute atomic E-state index is 0.00131. The highest BCUT2D eigenvalue weighted by atomic mass is 19.1. The van der Waals surface area contributed by atoms with Crippen molar-refractivity contribution in [3.63, 3.8) is 0 Å². The van der Waals surface area contributed by atoms with Gasteiger partial charge in [0.2, 0.25) is 5.91 Å². The number of carbonyl (C=O) groups is 1. The lowest BCUT2D eigenvalue weighted by molar-refractivity contribution is -0.122. The van der Waals surface area contributed by atoms with Crippen LogP contribution in [0.3, 0.4) is 0 Å². The van der Waals surface area contributed by atoms with Crippen LogP contribution in [-0.4, -0.2) is 41.0 Å². The lowest BCUT2D eigenvalue weighted by atomic mass is 9.85. The minimum Gasteiger partial charge on any atom is -0.324 e. The first-order valence-corrected chi connectivity index (χ1v) is 12.3. The fourth-order valence-electron chi connectivity index (χ4n) is 4.79. The lowest BCUT2D eigenvalue weighted by Gasteiger charge is -2.24. The normalized spacial score (nSPS) is 13.6. The van der Waals surface area contributed by atoms with E-state index in [1.54, 1.807) is 37.1 Å². The summed E-state index contributed by atoms with van der Waals surface area (Å²) in [5.74, 6) is 0.0696. The number of pyridine rings is 3. The minimum atomic E-state index is -0.452. The fraction of sp³-hybridized carbons (Fsp3) is 0.143. The summed E-state index contributed by atoms with van der Waals surface area (Å²) >= 11 is 0. The molecule has 0 aliphatic heterocycles. The number of amides is 1. The maximum absolute atomic E-state index is 15.2. The maximum atomic E-state index is 15.2. The van der Waals surface area contributed by atoms with Crippen LogP contribution < -0.4 is 5.32 Å². The highest BCUT2D eigenvalue weighted by molar-refractivity contribution is 5.98. The van der Waals surface area contributed by atoms with Gasteiger partial charge in [-0.2, -0.15) is 5.10 Å². The third kappa shape index (κ3) is 3.78. The molecule has 0 bridgehead atoms. The molecule has 0 unspecified atom stereocenters. The van der Waals surface area contributed by atoms with E-state index in [-0.39, 0.29) is 17.3 Å². The molecule has 5 heterocycles. The summed E-state index contributed by atoms with van der Waals surface area (Å²) in [7, 11) is 0. The van der Waals surface area contributed by atoms with Crippen LogP contribution in [0.1, 0.15) is 19.3 Å². The summed E-state index contributed by atoms with van der Waals surface area (Å²) in [5, 5.41) is 10.7. The number of imidazole rings is 1. The van der Waals surface area contributed by atoms with E-state index in [4.69, 9.17) is 4.98 Å². The molecule has 1 fully saturated rings. The first kappa shape index (κ1) is 22.2. The Balaban J connectivity index is 1.29. The molecule has 0 atom stereocenters. The summed E-state index contributed by atoms with van der Waals surface area (Å²) in [6.45, 7) is 0. The van der Waals surface area contributed by atoms with Crippen molar-refractivity contribution in [2.24, 2.45) is 5.92 Å². The van der Waals surface area contributed by atoms with E-state index in [1.165, 1.54) is 6.07 Å². The van der Waals surface area contributed by atoms with Gasteiger partial charge in [0.25, 0.3) is 0 Å². The summed E-state index contributed by atoms with van der Waals surface area (Å²) < 4.78 is 15.2. The van der Waals surface area contributed by atoms with E-state index in [2.05, 4.69) is 35.5 Å². The van der Waals surface area contributed by atoms with Crippen molar-refractivity contribution < 1.29 is 9.18 Å². The predicted molar refractivity (Wildman–Crippen MR) is 141 cm³/mol. The molecule has 0 radical (unpaired) electrons. The van der Waals surface area contributed by atoms with E-state index in [9.17, 15) is 4.79 Å². The first-order chi connectivity index (χ1) is 18.6. The van der Waals surface area contributed by atoms with Crippen LogP contribution in [0.2, 0.25) is 0 Å². The molecule has 1 aliphatic rings. The molecule has 186 valence electrons. The standard InChI is InChI=1S/C28H21FN8O/c29-22-12-17(18-10-19(14-31-13-18)33-28(38)16-2-1-3-16)11-21-23(22)36-37-25(21)27-34-24-20(6-9-32-26(24)35-27)15-4-7-30-8-5-15/h4-14,16H,1-3H2,(H,33,38)(H,36,37)(H,32,34,35). The molecule has 0 saturated heterocycles. The van der Waals surface area contributed by atoms with Crippen LogP contribution in [0.5, 0.6) is 0 Å². The molecule has 7 rings (SSSR count). The molecule has 1 aromatic carbocycles. The molecule has 1 saturated carbocycles. The largest absolute Gasteiger partial charge is 0.324 e. The van der Waals surface area contributed by atoms with Gasteiger partial charge in [-0.3, -0.25) is 19.9 Å². The van der Waals surface area contributed by atoms with Crippen LogP contribution in [0.25, 0.3) is 55.8 Å². The Labute approximate surface area is 215 Å². The Kier molecular flexibility index (Phi) is 5.17. The molecule has 3 N–H and O–H groups in total. The number of aromatic nitrogens is 7. The molecule has 5 aromatic heterocycles. The smallest absolute Gasteiger partial charge is 0.227 e. The summed E-state index contributed by atoms with van der Waals surface area (Å²) in [4.78, 5) is 33.2. The van der Waals surface area contributed by atoms with Crippen molar-refractivity contribution in [3.05, 3.63) is 73.2 Å². The zero-order valence-electron chi connectivity index (χ0n) is 20.1. The number of hydrogen-bond donors (Lipinski definition) is 3. The number of nitrogens with one attached hydrogen (secondary N) is 3. The first-order valence-electron chi connectivity index (χ1n) is 12.3. The van der Waals surface area contributed by atoms with Crippen LogP contribution in [0, 0.1) is 11.7 Å². The third-order valence-electron chi connectivity index (χ3n) is 7.04. The van der Waals surface area contributed by atoms with E-state index < -0.39 is 5.82 Å². The monoisotopic (exact) mass is 504 g/mol. The zero-order valence-corrected chi connectivity index (χ0v) is 20.1. The van der Waals surface area contributed by atoms with E-state index in [0.717, 1.165) is 30.4 Å². The molecule has 10 heteroatoms. The van der Waals surface area contributed by atoms with Gasteiger partial charge in [-0.25, -0.2) is 14.4 Å². The molecule has 1 aliphatic carbocycles. The maximum Gasteiger partial charge on any atom is 0.227 e. The van der Waals surface area contributed by atoms with Crippen molar-refractivity contribution in [2.75, 3.05) is 5.32 Å². The van der Waals surface area contributed by atoms with E-state index in [0.29, 0.717) is 44.9 Å². The number of hydrogen-bond acceptors (Lipinski definition) is 6. The van der Waals surface area contributed by atoms with Gasteiger partial charge in [0.1, 0.15) is 22.5 Å². The number of H-pyrrole nitrogens is 2. The van der Waals surface area contributed by atoms with Crippen LogP contribution in [0.4, 0.5) is 10.1 Å². The van der Waals surface area contributed by atoms with Crippen molar-refractivity contribution in [3.8, 4) is 33.8 Å². The van der Waals surface area contributed by atoms with Crippen molar-refractivity contribution >= 4 is 33.7 Å². The molecule has 1 amide bonds. The lowest BCUT2D eigenvalue weighted by Crippen LogP contribution is -2.28. The van der Waals surface area contributed by atoms with E-state index >= 15 is 4.39 Å². The van der Waals surface area contributed by atoms with Crippen molar-refractivity contribution in [1.29, 1.82) is 0 Å². The van der Waals surface area contributed by atoms with Crippen LogP contribution in [0.15, 0.2) is 67.4 Å². The number of benzene rings is 1. The Bertz CT molecular complexity index is 1820. The quantitative estimate of drug-likeness (QED) is 0.285. The van der Waals surface area contributed by atoms with Crippen molar-refractivity contribution in [2.45, 2.75) is 19.3 Å². The molecular formula is C28H21FN8O. The third-order valence-corrected chi connectivity index (χ3v) is 7.04. The average Bonchev–Trinajstić information content (AvgIpc) is 3.52. The van der Waals surface area contributed by atoms with Gasteiger partial charge in [-0.05, 0) is 60.4 Å². The van der Waals surface area contributed by atoms with Gasteiger partial charge in [-0.15, -0.1) is 0 Å². The SMILES string of the molecule is O=C(Nc1cncc(-c2cc(F)c3[nH]nc(-c4nc5c(-c6ccncc6)ccnc5[nH]4)c3c2)c1)C1CCC1. The highest BCUT2D eigenvalue weighted by Gasteiger charge is 2.25. The number of halogens is 1. The second-order valence-electron chi connectivity index (χ2n) is 9.41. The Morgan fingerprint density at radius 1 is 0.974 bits per heavy atom. The predicted octanol–water partition coefficient (Wildman–Crippen LogP) is 5.50. The topological polar surface area (TPSA) is 125 Å². The molecule has 0 spiro atoms. The number of nitrogens with zero attached hydrogens (tertiary/aromatic N) is 5. The molecular weight excluding hydrogens is 483 g/mol. The highest BCUT2D eigenvalue weighted by Crippen LogP contribution is 2.34. The van der Waals surface area contributed by atoms with Crippen LogP contribution in [-0.2, 0) is 4.79 Å². The number of rotatable bonds is 5. The number of carbonyl (C=O) groups excluding carboxylic acids is 1. The van der Waals surface area contributed by atoms with Gasteiger partial charge < -0.3 is 10.3 Å². The van der Waals surface area contributed by atoms with Gasteiger partial charge in [0, 0.05) is 47.2 Å². The Hall–Kier alpha value is -4.99. The van der Waals surface area contributed by atoms with Crippen LogP contribution >= 0.6 is 0 Å². The van der Waals surface area contributed by atoms with Gasteiger partial charge in [0.05, 0.1) is 11.9 Å². The number of aromatic amines is 2. The summed E-state index contributed by atoms with van der Waals surface area (Å²) in [6.07, 6.45) is 11.3. The van der Waals surface area contributed by atoms with E-state index in [1.807, 2.05) is 24.3 Å².